The summed E-state index contributed by atoms with van der Waals surface area (Å²) in [5, 5.41) is 16.6. The molecule has 0 amide bonds. The summed E-state index contributed by atoms with van der Waals surface area (Å²) in [7, 11) is 3.78. The summed E-state index contributed by atoms with van der Waals surface area (Å²) in [5.41, 5.74) is 6.09. The first kappa shape index (κ1) is 37.9. The van der Waals surface area contributed by atoms with Gasteiger partial charge in [-0.2, -0.15) is 10.4 Å². The topological polar surface area (TPSA) is 85.7 Å². The number of piperidine rings is 1. The molecule has 0 N–H and O–H groups in total. The lowest BCUT2D eigenvalue weighted by atomic mass is 10.1. The van der Waals surface area contributed by atoms with E-state index < -0.39 is 0 Å². The van der Waals surface area contributed by atoms with E-state index in [2.05, 4.69) is 76.0 Å². The highest BCUT2D eigenvalue weighted by Gasteiger charge is 2.18. The second-order valence-electron chi connectivity index (χ2n) is 10.6. The van der Waals surface area contributed by atoms with Gasteiger partial charge in [0.15, 0.2) is 5.84 Å². The lowest BCUT2D eigenvalue weighted by Crippen LogP contribution is -2.34. The number of aryl methyl sites for hydroxylation is 1. The zero-order valence-electron chi connectivity index (χ0n) is 28.3. The standard InChI is InChI=1S/C20H28N2O.C15H18N4.C2H6/c1-5-17-8-7-9-18(14-17)16(3)21-15-19(6-2)23-20-10-12-22(4)13-11-20;1-11(2)15(19-17-4)18-10-12(3)14-7-5-6-13(8-14)9-16;1-2/h6-9,14-15,20H,2,5,10-13H2,1,3-4H3;5-8,10-11H,1-4H3;1-2H3/b19-15+,21-16?;12-10+,18-15?,19-17?;. The van der Waals surface area contributed by atoms with Gasteiger partial charge >= 0.3 is 0 Å². The number of benzene rings is 2. The van der Waals surface area contributed by atoms with Crippen LogP contribution >= 0.6 is 0 Å². The molecule has 44 heavy (non-hydrogen) atoms. The number of likely N-dealkylation sites (tertiary alicyclic amines) is 1. The predicted octanol–water partition coefficient (Wildman–Crippen LogP) is 9.28. The molecular formula is C37H52N6O. The SMILES string of the molecule is C=C/C(=C\N=C(C)c1cccc(CC)c1)OC1CCN(C)CC1.CC.CN=NC(=N/C=C(\C)c1cccc(C#N)c1)C(C)C. The Kier molecular flexibility index (Phi) is 18.5. The van der Waals surface area contributed by atoms with Crippen LogP contribution in [0.25, 0.3) is 5.57 Å². The van der Waals surface area contributed by atoms with Gasteiger partial charge < -0.3 is 9.64 Å². The second-order valence-corrected chi connectivity index (χ2v) is 10.6. The minimum atomic E-state index is 0.221. The number of azo groups is 1. The van der Waals surface area contributed by atoms with E-state index in [0.29, 0.717) is 11.4 Å². The van der Waals surface area contributed by atoms with Crippen molar-refractivity contribution in [1.29, 1.82) is 5.26 Å². The average molecular weight is 597 g/mol. The number of amidine groups is 1. The van der Waals surface area contributed by atoms with E-state index in [-0.39, 0.29) is 12.0 Å². The highest BCUT2D eigenvalue weighted by Crippen LogP contribution is 2.17. The Hall–Kier alpha value is -4.15. The van der Waals surface area contributed by atoms with E-state index in [4.69, 9.17) is 10.00 Å². The van der Waals surface area contributed by atoms with Gasteiger partial charge in [-0.1, -0.05) is 71.5 Å². The molecule has 1 heterocycles. The van der Waals surface area contributed by atoms with Crippen LogP contribution in [0, 0.1) is 17.2 Å². The monoisotopic (exact) mass is 596 g/mol. The molecule has 0 spiro atoms. The molecule has 0 radical (unpaired) electrons. The van der Waals surface area contributed by atoms with E-state index in [0.717, 1.165) is 60.5 Å². The maximum absolute atomic E-state index is 8.88. The summed E-state index contributed by atoms with van der Waals surface area (Å²) in [6.45, 7) is 20.2. The zero-order valence-corrected chi connectivity index (χ0v) is 28.3. The fourth-order valence-corrected chi connectivity index (χ4v) is 4.14. The van der Waals surface area contributed by atoms with Crippen LogP contribution in [0.1, 0.15) is 83.6 Å². The van der Waals surface area contributed by atoms with Crippen LogP contribution in [0.4, 0.5) is 0 Å². The largest absolute Gasteiger partial charge is 0.489 e. The Morgan fingerprint density at radius 3 is 2.30 bits per heavy atom. The average Bonchev–Trinajstić information content (AvgIpc) is 3.06. The van der Waals surface area contributed by atoms with Gasteiger partial charge in [-0.15, -0.1) is 5.11 Å². The molecule has 2 aromatic carbocycles. The summed E-state index contributed by atoms with van der Waals surface area (Å²) >= 11 is 0. The summed E-state index contributed by atoms with van der Waals surface area (Å²) in [6, 6.07) is 18.1. The van der Waals surface area contributed by atoms with Gasteiger partial charge in [-0.3, -0.25) is 4.99 Å². The van der Waals surface area contributed by atoms with Crippen LogP contribution in [0.2, 0.25) is 0 Å². The highest BCUT2D eigenvalue weighted by molar-refractivity contribution is 5.99. The van der Waals surface area contributed by atoms with Gasteiger partial charge in [0.25, 0.3) is 0 Å². The molecule has 0 saturated carbocycles. The number of allylic oxidation sites excluding steroid dienone is 2. The summed E-state index contributed by atoms with van der Waals surface area (Å²) < 4.78 is 6.03. The van der Waals surface area contributed by atoms with Crippen molar-refractivity contribution >= 4 is 17.1 Å². The molecule has 0 aliphatic carbocycles. The highest BCUT2D eigenvalue weighted by atomic mass is 16.5. The van der Waals surface area contributed by atoms with E-state index in [9.17, 15) is 0 Å². The number of hydrogen-bond donors (Lipinski definition) is 0. The molecule has 1 fully saturated rings. The van der Waals surface area contributed by atoms with E-state index in [1.807, 2.05) is 59.7 Å². The molecule has 2 aromatic rings. The molecule has 1 aliphatic heterocycles. The van der Waals surface area contributed by atoms with Gasteiger partial charge in [0, 0.05) is 38.0 Å². The molecule has 7 nitrogen and oxygen atoms in total. The lowest BCUT2D eigenvalue weighted by molar-refractivity contribution is 0.0639. The van der Waals surface area contributed by atoms with Crippen molar-refractivity contribution in [2.24, 2.45) is 26.1 Å². The molecule has 1 saturated heterocycles. The predicted molar refractivity (Wildman–Crippen MR) is 187 cm³/mol. The van der Waals surface area contributed by atoms with Crippen molar-refractivity contribution in [2.75, 3.05) is 27.2 Å². The fraction of sp³-hybridized carbons (Fsp3) is 0.432. The Morgan fingerprint density at radius 1 is 1.05 bits per heavy atom. The molecule has 0 bridgehead atoms. The van der Waals surface area contributed by atoms with Crippen LogP contribution in [0.5, 0.6) is 0 Å². The van der Waals surface area contributed by atoms with Crippen molar-refractivity contribution in [3.63, 3.8) is 0 Å². The Labute approximate surface area is 266 Å². The Balaban J connectivity index is 0.000000424. The molecule has 3 rings (SSSR count). The van der Waals surface area contributed by atoms with E-state index in [1.165, 1.54) is 5.56 Å². The molecule has 0 unspecified atom stereocenters. The quantitative estimate of drug-likeness (QED) is 0.0950. The van der Waals surface area contributed by atoms with E-state index in [1.54, 1.807) is 31.6 Å². The third-order valence-corrected chi connectivity index (χ3v) is 6.86. The Morgan fingerprint density at radius 2 is 1.70 bits per heavy atom. The van der Waals surface area contributed by atoms with Crippen LogP contribution in [0.15, 0.2) is 99.6 Å². The first-order chi connectivity index (χ1) is 21.2. The molecule has 1 aliphatic rings. The van der Waals surface area contributed by atoms with Gasteiger partial charge in [-0.25, -0.2) is 4.99 Å². The minimum Gasteiger partial charge on any atom is -0.489 e. The lowest BCUT2D eigenvalue weighted by Gasteiger charge is -2.29. The molecule has 7 heteroatoms. The maximum Gasteiger partial charge on any atom is 0.152 e. The first-order valence-electron chi connectivity index (χ1n) is 15.6. The van der Waals surface area contributed by atoms with Crippen LogP contribution < -0.4 is 0 Å². The van der Waals surface area contributed by atoms with Crippen LogP contribution in [-0.2, 0) is 11.2 Å². The molecule has 236 valence electrons. The van der Waals surface area contributed by atoms with Crippen LogP contribution in [-0.4, -0.2) is 49.7 Å². The van der Waals surface area contributed by atoms with Crippen molar-refractivity contribution in [2.45, 2.75) is 73.8 Å². The number of nitriles is 1. The Bertz CT molecular complexity index is 1350. The number of rotatable bonds is 9. The van der Waals surface area contributed by atoms with Gasteiger partial charge in [0.1, 0.15) is 11.9 Å². The van der Waals surface area contributed by atoms with Crippen molar-refractivity contribution in [3.8, 4) is 6.07 Å². The fourth-order valence-electron chi connectivity index (χ4n) is 4.14. The molecular weight excluding hydrogens is 544 g/mol. The summed E-state index contributed by atoms with van der Waals surface area (Å²) in [4.78, 5) is 11.3. The third-order valence-electron chi connectivity index (χ3n) is 6.86. The number of aliphatic imine (C=N–C) groups is 2. The number of nitrogens with zero attached hydrogens (tertiary/aromatic N) is 6. The first-order valence-corrected chi connectivity index (χ1v) is 15.6. The third kappa shape index (κ3) is 13.9. The van der Waals surface area contributed by atoms with Crippen molar-refractivity contribution in [1.82, 2.24) is 4.90 Å². The molecule has 0 atom stereocenters. The zero-order chi connectivity index (χ0) is 32.9. The van der Waals surface area contributed by atoms with Crippen LogP contribution in [0.3, 0.4) is 0 Å². The minimum absolute atomic E-state index is 0.221. The smallest absolute Gasteiger partial charge is 0.152 e. The number of hydrogen-bond acceptors (Lipinski definition) is 6. The maximum atomic E-state index is 8.88. The van der Waals surface area contributed by atoms with Crippen molar-refractivity contribution in [3.05, 3.63) is 102 Å². The summed E-state index contributed by atoms with van der Waals surface area (Å²) in [6.07, 6.45) is 8.73. The number of ether oxygens (including phenoxy) is 1. The van der Waals surface area contributed by atoms with Crippen molar-refractivity contribution < 1.29 is 4.74 Å². The molecule has 0 aromatic heterocycles. The van der Waals surface area contributed by atoms with Gasteiger partial charge in [-0.05, 0) is 86.7 Å². The normalized spacial score (nSPS) is 15.2. The summed E-state index contributed by atoms with van der Waals surface area (Å²) in [5.74, 6) is 1.67. The van der Waals surface area contributed by atoms with Gasteiger partial charge in [0.2, 0.25) is 0 Å². The van der Waals surface area contributed by atoms with E-state index >= 15 is 0 Å². The second kappa shape index (κ2) is 21.5. The van der Waals surface area contributed by atoms with Gasteiger partial charge in [0.05, 0.1) is 17.8 Å².